The van der Waals surface area contributed by atoms with Crippen LogP contribution in [0.5, 0.6) is 0 Å². The van der Waals surface area contributed by atoms with E-state index in [4.69, 9.17) is 0 Å². The fourth-order valence-electron chi connectivity index (χ4n) is 2.38. The van der Waals surface area contributed by atoms with E-state index >= 15 is 0 Å². The molecule has 4 nitrogen and oxygen atoms in total. The van der Waals surface area contributed by atoms with Crippen molar-refractivity contribution < 1.29 is 9.90 Å². The van der Waals surface area contributed by atoms with Gasteiger partial charge in [0.15, 0.2) is 0 Å². The first kappa shape index (κ1) is 12.5. The molecule has 1 aliphatic rings. The third kappa shape index (κ3) is 3.04. The smallest absolute Gasteiger partial charge is 0.270 e. The summed E-state index contributed by atoms with van der Waals surface area (Å²) in [6.45, 7) is 0.713. The molecule has 2 rings (SSSR count). The molecule has 1 aromatic rings. The number of carbonyl (C=O) groups is 1. The minimum Gasteiger partial charge on any atom is -0.396 e. The highest BCUT2D eigenvalue weighted by Gasteiger charge is 2.31. The molecule has 0 aromatic carbocycles. The number of aliphatic hydroxyl groups is 1. The van der Waals surface area contributed by atoms with Gasteiger partial charge in [-0.05, 0) is 12.8 Å². The van der Waals surface area contributed by atoms with Gasteiger partial charge >= 0.3 is 0 Å². The monoisotopic (exact) mass is 254 g/mol. The van der Waals surface area contributed by atoms with E-state index in [1.807, 2.05) is 0 Å². The standard InChI is InChI=1S/C12H18N2O2S/c15-8-12(4-2-1-3-5-12)7-13-11(16)10-6-17-9-14-10/h6,9,15H,1-5,7-8H2,(H,13,16). The maximum Gasteiger partial charge on any atom is 0.270 e. The van der Waals surface area contributed by atoms with E-state index in [-0.39, 0.29) is 17.9 Å². The molecule has 0 bridgehead atoms. The van der Waals surface area contributed by atoms with Gasteiger partial charge in [-0.2, -0.15) is 0 Å². The number of rotatable bonds is 4. The molecular weight excluding hydrogens is 236 g/mol. The van der Waals surface area contributed by atoms with Crippen LogP contribution in [0.25, 0.3) is 0 Å². The quantitative estimate of drug-likeness (QED) is 0.861. The first-order valence-corrected chi connectivity index (χ1v) is 6.97. The third-order valence-corrected chi connectivity index (χ3v) is 4.12. The summed E-state index contributed by atoms with van der Waals surface area (Å²) in [6.07, 6.45) is 5.53. The minimum atomic E-state index is -0.135. The van der Waals surface area contributed by atoms with Gasteiger partial charge in [0.1, 0.15) is 5.69 Å². The van der Waals surface area contributed by atoms with Crippen molar-refractivity contribution in [1.82, 2.24) is 10.3 Å². The molecule has 1 aromatic heterocycles. The maximum atomic E-state index is 11.8. The Balaban J connectivity index is 1.89. The summed E-state index contributed by atoms with van der Waals surface area (Å²) in [7, 11) is 0. The molecule has 0 aliphatic heterocycles. The maximum absolute atomic E-state index is 11.8. The number of carbonyl (C=O) groups excluding carboxylic acids is 1. The number of thiazole rings is 1. The topological polar surface area (TPSA) is 62.2 Å². The van der Waals surface area contributed by atoms with Crippen LogP contribution in [0.15, 0.2) is 10.9 Å². The third-order valence-electron chi connectivity index (χ3n) is 3.54. The molecule has 5 heteroatoms. The van der Waals surface area contributed by atoms with Gasteiger partial charge < -0.3 is 10.4 Å². The number of nitrogens with one attached hydrogen (secondary N) is 1. The van der Waals surface area contributed by atoms with Crippen LogP contribution < -0.4 is 5.32 Å². The van der Waals surface area contributed by atoms with Gasteiger partial charge in [0, 0.05) is 17.3 Å². The first-order chi connectivity index (χ1) is 8.26. The van der Waals surface area contributed by atoms with E-state index in [9.17, 15) is 9.90 Å². The van der Waals surface area contributed by atoms with Crippen molar-refractivity contribution in [2.75, 3.05) is 13.2 Å². The second kappa shape index (κ2) is 5.60. The van der Waals surface area contributed by atoms with E-state index in [0.29, 0.717) is 12.2 Å². The van der Waals surface area contributed by atoms with Gasteiger partial charge in [0.25, 0.3) is 5.91 Å². The molecule has 0 saturated heterocycles. The highest BCUT2D eigenvalue weighted by molar-refractivity contribution is 7.07. The minimum absolute atomic E-state index is 0.107. The molecule has 1 fully saturated rings. The average molecular weight is 254 g/mol. The zero-order valence-electron chi connectivity index (χ0n) is 9.82. The fraction of sp³-hybridized carbons (Fsp3) is 0.667. The van der Waals surface area contributed by atoms with Crippen LogP contribution in [0.3, 0.4) is 0 Å². The Kier molecular flexibility index (Phi) is 4.12. The summed E-state index contributed by atoms with van der Waals surface area (Å²) in [6, 6.07) is 0. The predicted molar refractivity (Wildman–Crippen MR) is 67.1 cm³/mol. The van der Waals surface area contributed by atoms with Crippen LogP contribution in [0, 0.1) is 5.41 Å². The summed E-state index contributed by atoms with van der Waals surface area (Å²) < 4.78 is 0. The number of hydrogen-bond acceptors (Lipinski definition) is 4. The van der Waals surface area contributed by atoms with Gasteiger partial charge in [-0.25, -0.2) is 4.98 Å². The van der Waals surface area contributed by atoms with Crippen LogP contribution in [-0.4, -0.2) is 29.1 Å². The van der Waals surface area contributed by atoms with Crippen LogP contribution in [0.2, 0.25) is 0 Å². The lowest BCUT2D eigenvalue weighted by atomic mass is 9.74. The van der Waals surface area contributed by atoms with Crippen molar-refractivity contribution in [3.8, 4) is 0 Å². The lowest BCUT2D eigenvalue weighted by Gasteiger charge is -2.35. The first-order valence-electron chi connectivity index (χ1n) is 6.03. The highest BCUT2D eigenvalue weighted by atomic mass is 32.1. The van der Waals surface area contributed by atoms with Gasteiger partial charge in [-0.15, -0.1) is 11.3 Å². The Morgan fingerprint density at radius 2 is 2.24 bits per heavy atom. The highest BCUT2D eigenvalue weighted by Crippen LogP contribution is 2.35. The van der Waals surface area contributed by atoms with E-state index in [2.05, 4.69) is 10.3 Å². The summed E-state index contributed by atoms with van der Waals surface area (Å²) in [5.41, 5.74) is 2.01. The molecule has 0 unspecified atom stereocenters. The zero-order chi connectivity index (χ0) is 12.1. The van der Waals surface area contributed by atoms with Crippen LogP contribution in [0.4, 0.5) is 0 Å². The number of aromatic nitrogens is 1. The molecule has 1 heterocycles. The summed E-state index contributed by atoms with van der Waals surface area (Å²) in [4.78, 5) is 15.7. The van der Waals surface area contributed by atoms with Gasteiger partial charge in [0.2, 0.25) is 0 Å². The van der Waals surface area contributed by atoms with E-state index in [0.717, 1.165) is 25.7 Å². The Bertz CT molecular complexity index is 359. The fourth-order valence-corrected chi connectivity index (χ4v) is 2.91. The number of aliphatic hydroxyl groups excluding tert-OH is 1. The largest absolute Gasteiger partial charge is 0.396 e. The van der Waals surface area contributed by atoms with Crippen LogP contribution in [-0.2, 0) is 0 Å². The predicted octanol–water partition coefficient (Wildman–Crippen LogP) is 1.82. The second-order valence-electron chi connectivity index (χ2n) is 4.78. The summed E-state index contributed by atoms with van der Waals surface area (Å²) >= 11 is 1.41. The second-order valence-corrected chi connectivity index (χ2v) is 5.49. The normalized spacial score (nSPS) is 18.9. The van der Waals surface area contributed by atoms with Crippen molar-refractivity contribution in [3.63, 3.8) is 0 Å². The molecule has 0 atom stereocenters. The molecule has 2 N–H and O–H groups in total. The van der Waals surface area contributed by atoms with Gasteiger partial charge in [-0.1, -0.05) is 19.3 Å². The Morgan fingerprint density at radius 1 is 1.47 bits per heavy atom. The number of nitrogens with zero attached hydrogens (tertiary/aromatic N) is 1. The molecule has 1 amide bonds. The molecule has 0 spiro atoms. The van der Waals surface area contributed by atoms with Crippen molar-refractivity contribution in [2.45, 2.75) is 32.1 Å². The summed E-state index contributed by atoms with van der Waals surface area (Å²) in [5, 5.41) is 14.1. The average Bonchev–Trinajstić information content (AvgIpc) is 2.91. The van der Waals surface area contributed by atoms with Crippen molar-refractivity contribution in [1.29, 1.82) is 0 Å². The lowest BCUT2D eigenvalue weighted by molar-refractivity contribution is 0.0716. The summed E-state index contributed by atoms with van der Waals surface area (Å²) in [5.74, 6) is -0.135. The molecule has 17 heavy (non-hydrogen) atoms. The Hall–Kier alpha value is -0.940. The van der Waals surface area contributed by atoms with Crippen molar-refractivity contribution in [2.24, 2.45) is 5.41 Å². The SMILES string of the molecule is O=C(NCC1(CO)CCCCC1)c1cscn1. The lowest BCUT2D eigenvalue weighted by Crippen LogP contribution is -2.41. The van der Waals surface area contributed by atoms with Crippen molar-refractivity contribution >= 4 is 17.2 Å². The number of hydrogen-bond donors (Lipinski definition) is 2. The Labute approximate surface area is 105 Å². The molecular formula is C12H18N2O2S. The molecule has 0 radical (unpaired) electrons. The van der Waals surface area contributed by atoms with Gasteiger partial charge in [0.05, 0.1) is 12.1 Å². The molecule has 94 valence electrons. The van der Waals surface area contributed by atoms with E-state index in [1.54, 1.807) is 10.9 Å². The Morgan fingerprint density at radius 3 is 2.82 bits per heavy atom. The van der Waals surface area contributed by atoms with Crippen LogP contribution in [0.1, 0.15) is 42.6 Å². The molecule has 1 aliphatic carbocycles. The van der Waals surface area contributed by atoms with Gasteiger partial charge in [-0.3, -0.25) is 4.79 Å². The number of amides is 1. The molecule has 1 saturated carbocycles. The van der Waals surface area contributed by atoms with Crippen LogP contribution >= 0.6 is 11.3 Å². The van der Waals surface area contributed by atoms with E-state index < -0.39 is 0 Å². The van der Waals surface area contributed by atoms with Crippen molar-refractivity contribution in [3.05, 3.63) is 16.6 Å². The van der Waals surface area contributed by atoms with E-state index in [1.165, 1.54) is 17.8 Å². The zero-order valence-corrected chi connectivity index (χ0v) is 10.6.